The zero-order valence-corrected chi connectivity index (χ0v) is 24.8. The first-order chi connectivity index (χ1) is 19.1. The normalized spacial score (nSPS) is 16.7. The number of likely N-dealkylation sites (N-methyl/N-ethyl adjacent to an activating group) is 1. The van der Waals surface area contributed by atoms with Crippen LogP contribution in [0.25, 0.3) is 10.9 Å². The van der Waals surface area contributed by atoms with Crippen molar-refractivity contribution in [3.8, 4) is 5.75 Å². The molecule has 224 valence electrons. The minimum absolute atomic E-state index is 0.00452. The van der Waals surface area contributed by atoms with Gasteiger partial charge in [0.2, 0.25) is 0 Å². The van der Waals surface area contributed by atoms with Gasteiger partial charge in [-0.15, -0.1) is 13.2 Å². The fourth-order valence-electron chi connectivity index (χ4n) is 5.11. The van der Waals surface area contributed by atoms with Gasteiger partial charge in [0, 0.05) is 29.7 Å². The van der Waals surface area contributed by atoms with Crippen molar-refractivity contribution in [2.45, 2.75) is 50.2 Å². The molecule has 0 aliphatic carbocycles. The van der Waals surface area contributed by atoms with E-state index in [4.69, 9.17) is 23.2 Å². The maximum Gasteiger partial charge on any atom is 0.573 e. The lowest BCUT2D eigenvalue weighted by Crippen LogP contribution is -2.38. The quantitative estimate of drug-likeness (QED) is 0.374. The van der Waals surface area contributed by atoms with Crippen LogP contribution in [-0.4, -0.2) is 73.1 Å². The summed E-state index contributed by atoms with van der Waals surface area (Å²) >= 11 is 12.7. The van der Waals surface area contributed by atoms with Gasteiger partial charge in [-0.05, 0) is 63.3 Å². The van der Waals surface area contributed by atoms with Crippen LogP contribution < -0.4 is 16.0 Å². The summed E-state index contributed by atoms with van der Waals surface area (Å²) in [5.74, 6) is -0.897. The molecule has 0 saturated carbocycles. The predicted molar refractivity (Wildman–Crippen MR) is 151 cm³/mol. The van der Waals surface area contributed by atoms with Gasteiger partial charge in [-0.3, -0.25) is 14.3 Å². The molecule has 9 nitrogen and oxygen atoms in total. The number of sulfone groups is 1. The molecule has 2 heterocycles. The third-order valence-corrected chi connectivity index (χ3v) is 9.49. The number of rotatable bonds is 9. The van der Waals surface area contributed by atoms with Crippen LogP contribution in [0.5, 0.6) is 5.75 Å². The number of hydrogen-bond acceptors (Lipinski definition) is 7. The van der Waals surface area contributed by atoms with Gasteiger partial charge in [-0.2, -0.15) is 0 Å². The molecule has 4 rings (SSSR count). The number of halogens is 5. The lowest BCUT2D eigenvalue weighted by molar-refractivity contribution is -0.274. The van der Waals surface area contributed by atoms with Gasteiger partial charge in [-0.1, -0.05) is 30.1 Å². The number of likely N-dealkylation sites (tertiary alicyclic amines) is 1. The number of aromatic nitrogens is 2. The molecule has 41 heavy (non-hydrogen) atoms. The largest absolute Gasteiger partial charge is 0.573 e. The van der Waals surface area contributed by atoms with E-state index in [1.165, 1.54) is 25.1 Å². The summed E-state index contributed by atoms with van der Waals surface area (Å²) in [5, 5.41) is -0.398. The Hall–Kier alpha value is -2.58. The van der Waals surface area contributed by atoms with E-state index in [0.29, 0.717) is 17.7 Å². The molecule has 1 aromatic heterocycles. The number of nitrogens with one attached hydrogen (secondary N) is 1. The van der Waals surface area contributed by atoms with Gasteiger partial charge in [0.15, 0.2) is 9.84 Å². The summed E-state index contributed by atoms with van der Waals surface area (Å²) < 4.78 is 70.7. The molecule has 15 heteroatoms. The predicted octanol–water partition coefficient (Wildman–Crippen LogP) is 4.26. The second-order valence-corrected chi connectivity index (χ2v) is 13.2. The van der Waals surface area contributed by atoms with Crippen LogP contribution in [-0.2, 0) is 22.9 Å². The van der Waals surface area contributed by atoms with Crippen LogP contribution in [0.2, 0.25) is 10.0 Å². The third kappa shape index (κ3) is 6.91. The molecule has 3 aromatic rings. The Morgan fingerprint density at radius 3 is 2.49 bits per heavy atom. The number of nitrogens with zero attached hydrogens (tertiary/aromatic N) is 3. The van der Waals surface area contributed by atoms with Crippen molar-refractivity contribution in [1.29, 1.82) is 0 Å². The van der Waals surface area contributed by atoms with E-state index in [2.05, 4.69) is 9.72 Å². The highest BCUT2D eigenvalue weighted by Crippen LogP contribution is 2.37. The minimum Gasteiger partial charge on any atom is -0.405 e. The molecule has 0 radical (unpaired) electrons. The maximum absolute atomic E-state index is 13.5. The van der Waals surface area contributed by atoms with E-state index in [1.54, 1.807) is 0 Å². The molecular formula is C26H29Cl2F3N4O5S. The Morgan fingerprint density at radius 1 is 1.15 bits per heavy atom. The summed E-state index contributed by atoms with van der Waals surface area (Å²) in [6.07, 6.45) is -3.38. The molecule has 2 aromatic carbocycles. The Kier molecular flexibility index (Phi) is 9.15. The molecule has 1 saturated heterocycles. The van der Waals surface area contributed by atoms with Crippen LogP contribution in [0.3, 0.4) is 0 Å². The number of aromatic amines is 1. The maximum atomic E-state index is 13.5. The van der Waals surface area contributed by atoms with Gasteiger partial charge in [0.25, 0.3) is 5.56 Å². The lowest BCUT2D eigenvalue weighted by atomic mass is 10.1. The molecule has 1 fully saturated rings. The number of benzene rings is 2. The van der Waals surface area contributed by atoms with Crippen LogP contribution in [0.1, 0.15) is 30.9 Å². The van der Waals surface area contributed by atoms with Crippen molar-refractivity contribution >= 4 is 43.9 Å². The Balaban J connectivity index is 1.87. The van der Waals surface area contributed by atoms with Crippen LogP contribution >= 0.6 is 23.2 Å². The van der Waals surface area contributed by atoms with Crippen molar-refractivity contribution in [2.75, 3.05) is 32.9 Å². The van der Waals surface area contributed by atoms with Crippen LogP contribution in [0.15, 0.2) is 38.8 Å². The van der Waals surface area contributed by atoms with E-state index in [0.717, 1.165) is 18.9 Å². The summed E-state index contributed by atoms with van der Waals surface area (Å²) in [6, 6.07) is 4.93. The number of alkyl halides is 3. The number of ether oxygens (including phenoxy) is 1. The fourth-order valence-corrected chi connectivity index (χ4v) is 6.72. The highest BCUT2D eigenvalue weighted by Gasteiger charge is 2.35. The minimum atomic E-state index is -5.08. The zero-order valence-electron chi connectivity index (χ0n) is 22.5. The average Bonchev–Trinajstić information content (AvgIpc) is 3.29. The summed E-state index contributed by atoms with van der Waals surface area (Å²) in [5.41, 5.74) is -1.98. The molecule has 1 N–H and O–H groups in total. The lowest BCUT2D eigenvalue weighted by Gasteiger charge is -2.28. The Morgan fingerprint density at radius 2 is 1.85 bits per heavy atom. The molecule has 0 spiro atoms. The molecule has 0 amide bonds. The van der Waals surface area contributed by atoms with E-state index >= 15 is 0 Å². The summed E-state index contributed by atoms with van der Waals surface area (Å²) in [7, 11) is 0.0434. The monoisotopic (exact) mass is 636 g/mol. The number of hydrogen-bond donors (Lipinski definition) is 1. The Bertz CT molecular complexity index is 1690. The van der Waals surface area contributed by atoms with Crippen LogP contribution in [0, 0.1) is 0 Å². The number of fused-ring (bicyclic) bond motifs is 1. The van der Waals surface area contributed by atoms with Gasteiger partial charge >= 0.3 is 12.1 Å². The standard InChI is InChI=1S/C26H29Cl2F3N4O5S/c1-4-41(38,39)21-8-7-16(27)10-15(21)12-35-24(36)18-11-20(40-26(29,30)31)19(22(28)23(18)32-25(35)37)14-34-9-5-6-17(34)13-33(2)3/h7-8,10-11,17H,4-6,9,12-14H2,1-3H3,(H,32,37)/t17-/m0/s1. The average molecular weight is 638 g/mol. The zero-order chi connectivity index (χ0) is 30.3. The molecular weight excluding hydrogens is 608 g/mol. The van der Waals surface area contributed by atoms with Crippen molar-refractivity contribution in [3.63, 3.8) is 0 Å². The van der Waals surface area contributed by atoms with E-state index in [1.807, 2.05) is 23.9 Å². The van der Waals surface area contributed by atoms with Crippen molar-refractivity contribution in [3.05, 3.63) is 66.3 Å². The summed E-state index contributed by atoms with van der Waals surface area (Å²) in [4.78, 5) is 33.0. The molecule has 1 atom stereocenters. The van der Waals surface area contributed by atoms with Gasteiger partial charge in [-0.25, -0.2) is 13.2 Å². The fraction of sp³-hybridized carbons (Fsp3) is 0.462. The van der Waals surface area contributed by atoms with E-state index in [-0.39, 0.29) is 55.3 Å². The topological polar surface area (TPSA) is 105 Å². The van der Waals surface area contributed by atoms with Gasteiger partial charge in [0.05, 0.1) is 33.1 Å². The molecule has 0 unspecified atom stereocenters. The van der Waals surface area contributed by atoms with Crippen molar-refractivity contribution in [1.82, 2.24) is 19.4 Å². The second-order valence-electron chi connectivity index (χ2n) is 10.1. The first-order valence-corrected chi connectivity index (χ1v) is 15.2. The SMILES string of the molecule is CCS(=O)(=O)c1ccc(Cl)cc1Cn1c(=O)[nH]c2c(Cl)c(CN3CCC[C@H]3CN(C)C)c(OC(F)(F)F)cc2c1=O. The highest BCUT2D eigenvalue weighted by molar-refractivity contribution is 7.91. The Labute approximate surface area is 244 Å². The first kappa shape index (κ1) is 31.4. The first-order valence-electron chi connectivity index (χ1n) is 12.7. The second kappa shape index (κ2) is 12.0. The van der Waals surface area contributed by atoms with E-state index < -0.39 is 39.7 Å². The van der Waals surface area contributed by atoms with E-state index in [9.17, 15) is 31.2 Å². The molecule has 0 bridgehead atoms. The van der Waals surface area contributed by atoms with Gasteiger partial charge < -0.3 is 14.6 Å². The third-order valence-electron chi connectivity index (χ3n) is 7.01. The molecule has 1 aliphatic heterocycles. The molecule has 1 aliphatic rings. The van der Waals surface area contributed by atoms with Crippen molar-refractivity contribution < 1.29 is 26.3 Å². The van der Waals surface area contributed by atoms with Crippen molar-refractivity contribution in [2.24, 2.45) is 0 Å². The summed E-state index contributed by atoms with van der Waals surface area (Å²) in [6.45, 7) is 2.24. The van der Waals surface area contributed by atoms with Gasteiger partial charge in [0.1, 0.15) is 5.75 Å². The number of H-pyrrole nitrogens is 1. The van der Waals surface area contributed by atoms with Crippen LogP contribution in [0.4, 0.5) is 13.2 Å². The highest BCUT2D eigenvalue weighted by atomic mass is 35.5. The smallest absolute Gasteiger partial charge is 0.405 e.